The molecule has 1 amide bonds. The van der Waals surface area contributed by atoms with Gasteiger partial charge in [0, 0.05) is 55.9 Å². The van der Waals surface area contributed by atoms with Crippen molar-refractivity contribution in [3.05, 3.63) is 72.1 Å². The summed E-state index contributed by atoms with van der Waals surface area (Å²) in [5, 5.41) is 7.08. The molecule has 1 fully saturated rings. The van der Waals surface area contributed by atoms with Crippen LogP contribution in [0, 0.1) is 6.92 Å². The van der Waals surface area contributed by atoms with Crippen LogP contribution in [0.1, 0.15) is 46.9 Å². The summed E-state index contributed by atoms with van der Waals surface area (Å²) in [5.74, 6) is 0.977. The largest absolute Gasteiger partial charge is 0.497 e. The lowest BCUT2D eigenvalue weighted by Crippen LogP contribution is -2.41. The van der Waals surface area contributed by atoms with E-state index in [0.29, 0.717) is 17.2 Å². The highest BCUT2D eigenvalue weighted by Gasteiger charge is 2.27. The number of carbonyl (C=O) groups is 1. The van der Waals surface area contributed by atoms with Gasteiger partial charge < -0.3 is 24.8 Å². The number of aryl methyl sites for hydroxylation is 2. The maximum absolute atomic E-state index is 13.0. The van der Waals surface area contributed by atoms with Gasteiger partial charge in [0.1, 0.15) is 5.75 Å². The maximum Gasteiger partial charge on any atom is 0.253 e. The molecular weight excluding hydrogens is 460 g/mol. The van der Waals surface area contributed by atoms with E-state index >= 15 is 0 Å². The molecule has 3 heterocycles. The minimum atomic E-state index is -0.0581. The molecule has 2 N–H and O–H groups in total. The molecule has 0 bridgehead atoms. The Bertz CT molecular complexity index is 1130. The quantitative estimate of drug-likeness (QED) is 0.363. The summed E-state index contributed by atoms with van der Waals surface area (Å²) in [7, 11) is 1.65. The van der Waals surface area contributed by atoms with Crippen molar-refractivity contribution in [2.24, 2.45) is 0 Å². The summed E-state index contributed by atoms with van der Waals surface area (Å²) >= 11 is 5.65. The van der Waals surface area contributed by atoms with Crippen molar-refractivity contribution in [3.8, 4) is 5.75 Å². The van der Waals surface area contributed by atoms with Gasteiger partial charge in [0.05, 0.1) is 24.7 Å². The van der Waals surface area contributed by atoms with Crippen molar-refractivity contribution in [2.75, 3.05) is 32.1 Å². The van der Waals surface area contributed by atoms with E-state index in [0.717, 1.165) is 61.7 Å². The first kappa shape index (κ1) is 24.7. The molecule has 3 aromatic rings. The van der Waals surface area contributed by atoms with Gasteiger partial charge in [-0.1, -0.05) is 0 Å². The van der Waals surface area contributed by atoms with E-state index in [1.54, 1.807) is 19.6 Å². The van der Waals surface area contributed by atoms with E-state index in [2.05, 4.69) is 20.5 Å². The maximum atomic E-state index is 13.0. The summed E-state index contributed by atoms with van der Waals surface area (Å²) < 4.78 is 7.22. The fourth-order valence-corrected chi connectivity index (χ4v) is 4.59. The highest BCUT2D eigenvalue weighted by atomic mass is 32.1. The van der Waals surface area contributed by atoms with E-state index in [4.69, 9.17) is 21.9 Å². The lowest BCUT2D eigenvalue weighted by atomic mass is 9.90. The third kappa shape index (κ3) is 6.57. The number of nitrogens with zero attached hydrogens (tertiary/aromatic N) is 4. The van der Waals surface area contributed by atoms with E-state index < -0.39 is 0 Å². The molecule has 0 aliphatic carbocycles. The molecule has 1 aliphatic rings. The molecule has 1 aliphatic heterocycles. The minimum absolute atomic E-state index is 0.0581. The summed E-state index contributed by atoms with van der Waals surface area (Å²) in [6, 6.07) is 11.5. The molecule has 0 atom stereocenters. The minimum Gasteiger partial charge on any atom is -0.497 e. The van der Waals surface area contributed by atoms with E-state index in [1.807, 2.05) is 54.1 Å². The number of rotatable bonds is 8. The van der Waals surface area contributed by atoms with E-state index in [-0.39, 0.29) is 11.8 Å². The Kier molecular flexibility index (Phi) is 8.31. The van der Waals surface area contributed by atoms with Crippen LogP contribution in [0.5, 0.6) is 5.75 Å². The van der Waals surface area contributed by atoms with E-state index in [9.17, 15) is 4.79 Å². The van der Waals surface area contributed by atoms with Crippen LogP contribution in [0.4, 0.5) is 5.69 Å². The molecule has 2 aromatic heterocycles. The molecule has 0 unspecified atom stereocenters. The number of ether oxygens (including phenoxy) is 1. The number of amides is 1. The Hall–Kier alpha value is -3.46. The number of benzene rings is 1. The number of hydrogen-bond donors (Lipinski definition) is 2. The van der Waals surface area contributed by atoms with Gasteiger partial charge in [-0.2, -0.15) is 0 Å². The molecule has 9 heteroatoms. The van der Waals surface area contributed by atoms with Gasteiger partial charge in [-0.3, -0.25) is 9.78 Å². The lowest BCUT2D eigenvalue weighted by molar-refractivity contribution is 0.0950. The first-order valence-electron chi connectivity index (χ1n) is 11.9. The Labute approximate surface area is 211 Å². The highest BCUT2D eigenvalue weighted by molar-refractivity contribution is 7.80. The topological polar surface area (TPSA) is 84.3 Å². The SMILES string of the molecule is COc1ccc(NC(=S)N2CCC(c3nc(C)ccc3C(=O)NCCCn3ccnc3)CC2)cc1. The van der Waals surface area contributed by atoms with Gasteiger partial charge >= 0.3 is 0 Å². The van der Waals surface area contributed by atoms with Gasteiger partial charge in [0.25, 0.3) is 5.91 Å². The van der Waals surface area contributed by atoms with Crippen molar-refractivity contribution in [2.45, 2.75) is 38.6 Å². The second kappa shape index (κ2) is 11.8. The first-order chi connectivity index (χ1) is 17.0. The van der Waals surface area contributed by atoms with Gasteiger partial charge in [-0.15, -0.1) is 0 Å². The van der Waals surface area contributed by atoms with Crippen LogP contribution in [0.25, 0.3) is 0 Å². The van der Waals surface area contributed by atoms with Crippen molar-refractivity contribution in [1.29, 1.82) is 0 Å². The smallest absolute Gasteiger partial charge is 0.253 e. The van der Waals surface area contributed by atoms with Crippen LogP contribution in [0.15, 0.2) is 55.1 Å². The zero-order chi connectivity index (χ0) is 24.6. The van der Waals surface area contributed by atoms with Gasteiger partial charge in [0.15, 0.2) is 5.11 Å². The van der Waals surface area contributed by atoms with Crippen LogP contribution in [-0.2, 0) is 6.54 Å². The number of piperidine rings is 1. The number of anilines is 1. The summed E-state index contributed by atoms with van der Waals surface area (Å²) in [4.78, 5) is 24.0. The van der Waals surface area contributed by atoms with Crippen LogP contribution in [-0.4, -0.2) is 57.2 Å². The first-order valence-corrected chi connectivity index (χ1v) is 12.4. The number of hydrogen-bond acceptors (Lipinski definition) is 5. The van der Waals surface area contributed by atoms with Gasteiger partial charge in [-0.05, 0) is 74.8 Å². The van der Waals surface area contributed by atoms with Crippen LogP contribution < -0.4 is 15.4 Å². The highest BCUT2D eigenvalue weighted by Crippen LogP contribution is 2.30. The van der Waals surface area contributed by atoms with Crippen molar-refractivity contribution in [1.82, 2.24) is 24.8 Å². The third-order valence-corrected chi connectivity index (χ3v) is 6.62. The number of aromatic nitrogens is 3. The molecule has 0 saturated carbocycles. The molecule has 4 rings (SSSR count). The third-order valence-electron chi connectivity index (χ3n) is 6.26. The number of methoxy groups -OCH3 is 1. The zero-order valence-corrected chi connectivity index (χ0v) is 21.1. The molecule has 1 saturated heterocycles. The molecule has 184 valence electrons. The molecule has 35 heavy (non-hydrogen) atoms. The second-order valence-corrected chi connectivity index (χ2v) is 9.10. The zero-order valence-electron chi connectivity index (χ0n) is 20.2. The molecule has 1 aromatic carbocycles. The number of nitrogens with one attached hydrogen (secondary N) is 2. The fourth-order valence-electron chi connectivity index (χ4n) is 4.29. The van der Waals surface area contributed by atoms with Crippen molar-refractivity contribution in [3.63, 3.8) is 0 Å². The van der Waals surface area contributed by atoms with Crippen LogP contribution in [0.3, 0.4) is 0 Å². The number of carbonyl (C=O) groups excluding carboxylic acids is 1. The summed E-state index contributed by atoms with van der Waals surface area (Å²) in [5.41, 5.74) is 3.43. The molecule has 0 spiro atoms. The van der Waals surface area contributed by atoms with E-state index in [1.165, 1.54) is 0 Å². The summed E-state index contributed by atoms with van der Waals surface area (Å²) in [6.45, 7) is 5.03. The number of imidazole rings is 1. The molecule has 0 radical (unpaired) electrons. The standard InChI is InChI=1S/C26H32N6O2S/c1-19-4-9-23(25(33)28-12-3-14-31-17-13-27-18-31)24(29-19)20-10-15-32(16-11-20)26(35)30-21-5-7-22(34-2)8-6-21/h4-9,13,17-18,20H,3,10-12,14-16H2,1-2H3,(H,28,33)(H,30,35). The van der Waals surface area contributed by atoms with Crippen molar-refractivity contribution >= 4 is 28.9 Å². The number of pyridine rings is 1. The van der Waals surface area contributed by atoms with Gasteiger partial charge in [0.2, 0.25) is 0 Å². The van der Waals surface area contributed by atoms with Crippen LogP contribution in [0.2, 0.25) is 0 Å². The molecular formula is C26H32N6O2S. The summed E-state index contributed by atoms with van der Waals surface area (Å²) in [6.07, 6.45) is 8.09. The normalized spacial score (nSPS) is 13.9. The average Bonchev–Trinajstić information content (AvgIpc) is 3.40. The lowest BCUT2D eigenvalue weighted by Gasteiger charge is -2.34. The predicted octanol–water partition coefficient (Wildman–Crippen LogP) is 3.99. The van der Waals surface area contributed by atoms with Crippen LogP contribution >= 0.6 is 12.2 Å². The number of likely N-dealkylation sites (tertiary alicyclic amines) is 1. The Morgan fingerprint density at radius 2 is 1.94 bits per heavy atom. The average molecular weight is 493 g/mol. The molecule has 8 nitrogen and oxygen atoms in total. The van der Waals surface area contributed by atoms with Gasteiger partial charge in [-0.25, -0.2) is 4.98 Å². The number of thiocarbonyl (C=S) groups is 1. The fraction of sp³-hybridized carbons (Fsp3) is 0.385. The monoisotopic (exact) mass is 492 g/mol. The second-order valence-electron chi connectivity index (χ2n) is 8.72. The predicted molar refractivity (Wildman–Crippen MR) is 141 cm³/mol. The van der Waals surface area contributed by atoms with Crippen molar-refractivity contribution < 1.29 is 9.53 Å². The Morgan fingerprint density at radius 3 is 2.63 bits per heavy atom. The Balaban J connectivity index is 1.32. The Morgan fingerprint density at radius 1 is 1.17 bits per heavy atom.